The van der Waals surface area contributed by atoms with Gasteiger partial charge < -0.3 is 24.0 Å². The van der Waals surface area contributed by atoms with Crippen LogP contribution in [-0.4, -0.2) is 75.8 Å². The van der Waals surface area contributed by atoms with Gasteiger partial charge in [-0.15, -0.1) is 0 Å². The van der Waals surface area contributed by atoms with Gasteiger partial charge in [0.1, 0.15) is 11.7 Å². The first-order valence-corrected chi connectivity index (χ1v) is 10.6. The van der Waals surface area contributed by atoms with E-state index in [1.54, 1.807) is 43.5 Å². The van der Waals surface area contributed by atoms with Crippen LogP contribution in [0.5, 0.6) is 17.2 Å². The number of carbonyl (C=O) groups is 3. The average Bonchev–Trinajstić information content (AvgIpc) is 3.06. The van der Waals surface area contributed by atoms with Gasteiger partial charge in [0, 0.05) is 24.2 Å². The minimum Gasteiger partial charge on any atom is -0.496 e. The molecular weight excluding hydrogens is 424 g/mol. The Hall–Kier alpha value is -3.39. The van der Waals surface area contributed by atoms with E-state index >= 15 is 0 Å². The highest BCUT2D eigenvalue weighted by Gasteiger charge is 2.52. The maximum atomic E-state index is 13.7. The molecule has 0 aliphatic carbocycles. The molecule has 2 atom stereocenters. The van der Waals surface area contributed by atoms with Crippen LogP contribution in [0.3, 0.4) is 0 Å². The van der Waals surface area contributed by atoms with Gasteiger partial charge >= 0.3 is 0 Å². The lowest BCUT2D eigenvalue weighted by molar-refractivity contribution is -0.140. The number of ether oxygens (including phenoxy) is 3. The summed E-state index contributed by atoms with van der Waals surface area (Å²) in [6.45, 7) is 2.64. The Kier molecular flexibility index (Phi) is 7.38. The smallest absolute Gasteiger partial charge is 0.291 e. The summed E-state index contributed by atoms with van der Waals surface area (Å²) in [6.07, 6.45) is 0. The van der Waals surface area contributed by atoms with Crippen LogP contribution in [0.15, 0.2) is 36.4 Å². The molecule has 2 aromatic carbocycles. The fraction of sp³-hybridized carbons (Fsp3) is 0.400. The lowest BCUT2D eigenvalue weighted by Gasteiger charge is -2.29. The summed E-state index contributed by atoms with van der Waals surface area (Å²) in [5.74, 6) is -1.52. The van der Waals surface area contributed by atoms with Crippen LogP contribution in [0.25, 0.3) is 0 Å². The second-order valence-electron chi connectivity index (χ2n) is 8.22. The molecule has 33 heavy (non-hydrogen) atoms. The monoisotopic (exact) mass is 454 g/mol. The van der Waals surface area contributed by atoms with Gasteiger partial charge in [-0.3, -0.25) is 14.4 Å². The van der Waals surface area contributed by atoms with Crippen molar-refractivity contribution in [3.8, 4) is 17.2 Å². The van der Waals surface area contributed by atoms with Crippen molar-refractivity contribution < 1.29 is 28.6 Å². The number of rotatable bonds is 9. The van der Waals surface area contributed by atoms with Crippen LogP contribution in [0.4, 0.5) is 0 Å². The molecular formula is C25H30N2O6. The van der Waals surface area contributed by atoms with Crippen molar-refractivity contribution in [1.82, 2.24) is 9.80 Å². The Bertz CT molecular complexity index is 1060. The molecule has 0 N–H and O–H groups in total. The van der Waals surface area contributed by atoms with Crippen LogP contribution in [0.2, 0.25) is 0 Å². The first kappa shape index (κ1) is 24.3. The first-order chi connectivity index (χ1) is 15.7. The Morgan fingerprint density at radius 3 is 2.27 bits per heavy atom. The topological polar surface area (TPSA) is 85.4 Å². The molecule has 0 radical (unpaired) electrons. The van der Waals surface area contributed by atoms with Gasteiger partial charge in [-0.2, -0.15) is 0 Å². The molecule has 0 spiro atoms. The van der Waals surface area contributed by atoms with Crippen LogP contribution in [-0.2, 0) is 9.59 Å². The summed E-state index contributed by atoms with van der Waals surface area (Å²) in [6, 6.07) is 9.43. The highest BCUT2D eigenvalue weighted by Crippen LogP contribution is 2.44. The standard InChI is InChI=1S/C25H30N2O6/c1-15-14-16(10-11-18(15)31-4)22(28)20-21(17-8-7-9-19(32-5)24(17)33-6)27(13-12-26(2)3)25(30)23(20)29/h7-11,14,20-21H,12-13H2,1-6H3. The zero-order valence-electron chi connectivity index (χ0n) is 19.9. The molecule has 0 aromatic heterocycles. The van der Waals surface area contributed by atoms with Crippen molar-refractivity contribution in [3.63, 3.8) is 0 Å². The van der Waals surface area contributed by atoms with Gasteiger partial charge in [0.05, 0.1) is 27.4 Å². The number of ketones is 2. The number of para-hydroxylation sites is 1. The molecule has 3 rings (SSSR count). The predicted molar refractivity (Wildman–Crippen MR) is 123 cm³/mol. The molecule has 8 heteroatoms. The lowest BCUT2D eigenvalue weighted by atomic mass is 9.85. The van der Waals surface area contributed by atoms with E-state index in [9.17, 15) is 14.4 Å². The Morgan fingerprint density at radius 1 is 1.00 bits per heavy atom. The van der Waals surface area contributed by atoms with Crippen molar-refractivity contribution >= 4 is 17.5 Å². The molecule has 0 bridgehead atoms. The third-order valence-electron chi connectivity index (χ3n) is 5.91. The van der Waals surface area contributed by atoms with Gasteiger partial charge in [0.15, 0.2) is 17.3 Å². The van der Waals surface area contributed by atoms with E-state index in [4.69, 9.17) is 14.2 Å². The minimum atomic E-state index is -1.20. The number of likely N-dealkylation sites (N-methyl/N-ethyl adjacent to an activating group) is 1. The van der Waals surface area contributed by atoms with E-state index in [2.05, 4.69) is 0 Å². The predicted octanol–water partition coefficient (Wildman–Crippen LogP) is 2.53. The molecule has 8 nitrogen and oxygen atoms in total. The third-order valence-corrected chi connectivity index (χ3v) is 5.91. The number of hydrogen-bond acceptors (Lipinski definition) is 7. The summed E-state index contributed by atoms with van der Waals surface area (Å²) < 4.78 is 16.3. The Labute approximate surface area is 194 Å². The van der Waals surface area contributed by atoms with Crippen LogP contribution < -0.4 is 14.2 Å². The molecule has 2 unspecified atom stereocenters. The molecule has 1 heterocycles. The van der Waals surface area contributed by atoms with E-state index in [0.29, 0.717) is 34.9 Å². The highest BCUT2D eigenvalue weighted by molar-refractivity contribution is 6.44. The molecule has 1 fully saturated rings. The second-order valence-corrected chi connectivity index (χ2v) is 8.22. The maximum absolute atomic E-state index is 13.7. The number of methoxy groups -OCH3 is 3. The highest BCUT2D eigenvalue weighted by atomic mass is 16.5. The van der Waals surface area contributed by atoms with Crippen LogP contribution in [0.1, 0.15) is 27.5 Å². The number of nitrogens with zero attached hydrogens (tertiary/aromatic N) is 2. The number of hydrogen-bond donors (Lipinski definition) is 0. The van der Waals surface area contributed by atoms with E-state index in [0.717, 1.165) is 5.56 Å². The minimum absolute atomic E-state index is 0.286. The zero-order chi connectivity index (χ0) is 24.3. The summed E-state index contributed by atoms with van der Waals surface area (Å²) >= 11 is 0. The summed E-state index contributed by atoms with van der Waals surface area (Å²) in [5.41, 5.74) is 1.67. The number of amides is 1. The van der Waals surface area contributed by atoms with Crippen LogP contribution in [0, 0.1) is 12.8 Å². The normalized spacial score (nSPS) is 18.1. The summed E-state index contributed by atoms with van der Waals surface area (Å²) in [5, 5.41) is 0. The molecule has 2 aromatic rings. The number of Topliss-reactive ketones (excluding diaryl/α,β-unsaturated/α-hetero) is 2. The van der Waals surface area contributed by atoms with Gasteiger partial charge in [0.2, 0.25) is 5.78 Å². The van der Waals surface area contributed by atoms with Crippen molar-refractivity contribution in [1.29, 1.82) is 0 Å². The first-order valence-electron chi connectivity index (χ1n) is 10.6. The fourth-order valence-electron chi connectivity index (χ4n) is 4.24. The fourth-order valence-corrected chi connectivity index (χ4v) is 4.24. The zero-order valence-corrected chi connectivity index (χ0v) is 19.9. The lowest BCUT2D eigenvalue weighted by Crippen LogP contribution is -2.36. The van der Waals surface area contributed by atoms with E-state index < -0.39 is 29.4 Å². The number of likely N-dealkylation sites (tertiary alicyclic amines) is 1. The van der Waals surface area contributed by atoms with Crippen molar-refractivity contribution in [2.75, 3.05) is 48.5 Å². The van der Waals surface area contributed by atoms with Crippen molar-refractivity contribution in [2.24, 2.45) is 5.92 Å². The van der Waals surface area contributed by atoms with Gasteiger partial charge in [-0.05, 0) is 50.8 Å². The second kappa shape index (κ2) is 10.0. The Balaban J connectivity index is 2.14. The SMILES string of the molecule is COc1ccc(C(=O)C2C(=O)C(=O)N(CCN(C)C)C2c2cccc(OC)c2OC)cc1C. The number of carbonyl (C=O) groups excluding carboxylic acids is 3. The molecule has 1 aliphatic heterocycles. The van der Waals surface area contributed by atoms with Gasteiger partial charge in [-0.25, -0.2) is 0 Å². The largest absolute Gasteiger partial charge is 0.496 e. The quantitative estimate of drug-likeness (QED) is 0.327. The summed E-state index contributed by atoms with van der Waals surface area (Å²) in [4.78, 5) is 43.3. The van der Waals surface area contributed by atoms with Crippen molar-refractivity contribution in [2.45, 2.75) is 13.0 Å². The molecule has 176 valence electrons. The molecule has 1 saturated heterocycles. The van der Waals surface area contributed by atoms with E-state index in [1.165, 1.54) is 19.1 Å². The van der Waals surface area contributed by atoms with Gasteiger partial charge in [-0.1, -0.05) is 12.1 Å². The molecule has 0 saturated carbocycles. The van der Waals surface area contributed by atoms with Crippen molar-refractivity contribution in [3.05, 3.63) is 53.1 Å². The van der Waals surface area contributed by atoms with Crippen LogP contribution >= 0.6 is 0 Å². The Morgan fingerprint density at radius 2 is 1.70 bits per heavy atom. The third kappa shape index (κ3) is 4.57. The van der Waals surface area contributed by atoms with E-state index in [1.807, 2.05) is 25.9 Å². The van der Waals surface area contributed by atoms with E-state index in [-0.39, 0.29) is 6.54 Å². The molecule has 1 aliphatic rings. The number of aryl methyl sites for hydroxylation is 1. The number of benzene rings is 2. The maximum Gasteiger partial charge on any atom is 0.291 e. The summed E-state index contributed by atoms with van der Waals surface area (Å²) in [7, 11) is 8.32. The average molecular weight is 455 g/mol. The van der Waals surface area contributed by atoms with Gasteiger partial charge in [0.25, 0.3) is 5.91 Å². The molecule has 1 amide bonds.